The number of aromatic nitrogens is 1. The molecule has 0 saturated carbocycles. The Balaban J connectivity index is 1.89. The van der Waals surface area contributed by atoms with E-state index in [2.05, 4.69) is 10.6 Å². The summed E-state index contributed by atoms with van der Waals surface area (Å²) in [5, 5.41) is 24.6. The van der Waals surface area contributed by atoms with Crippen LogP contribution in [-0.4, -0.2) is 33.1 Å². The quantitative estimate of drug-likeness (QED) is 0.616. The Morgan fingerprint density at radius 3 is 2.68 bits per heavy atom. The van der Waals surface area contributed by atoms with E-state index in [1.807, 2.05) is 0 Å². The highest BCUT2D eigenvalue weighted by Crippen LogP contribution is 2.20. The highest BCUT2D eigenvalue weighted by molar-refractivity contribution is 5.99. The lowest BCUT2D eigenvalue weighted by Crippen LogP contribution is -2.42. The van der Waals surface area contributed by atoms with Crippen molar-refractivity contribution in [2.24, 2.45) is 0 Å². The van der Waals surface area contributed by atoms with Crippen LogP contribution in [0.4, 0.5) is 4.39 Å². The van der Waals surface area contributed by atoms with Crippen molar-refractivity contribution in [2.75, 3.05) is 6.54 Å². The number of aliphatic hydroxyl groups is 1. The molecule has 2 amide bonds. The van der Waals surface area contributed by atoms with Crippen molar-refractivity contribution in [1.82, 2.24) is 15.2 Å². The monoisotopic (exact) mass is 347 g/mol. The van der Waals surface area contributed by atoms with Crippen LogP contribution >= 0.6 is 0 Å². The number of fused-ring (bicyclic) bond motifs is 1. The van der Waals surface area contributed by atoms with Gasteiger partial charge in [-0.3, -0.25) is 14.4 Å². The zero-order chi connectivity index (χ0) is 18.1. The van der Waals surface area contributed by atoms with E-state index in [9.17, 15) is 29.0 Å². The van der Waals surface area contributed by atoms with Crippen molar-refractivity contribution in [2.45, 2.75) is 12.8 Å². The molecule has 8 nitrogen and oxygen atoms in total. The van der Waals surface area contributed by atoms with E-state index in [4.69, 9.17) is 0 Å². The lowest BCUT2D eigenvalue weighted by molar-refractivity contribution is 0.0641. The third-order valence-corrected chi connectivity index (χ3v) is 3.80. The number of pyridine rings is 1. The van der Waals surface area contributed by atoms with Gasteiger partial charge in [0.05, 0.1) is 6.54 Å². The molecule has 9 heteroatoms. The number of nitrogens with zero attached hydrogens (tertiary/aromatic N) is 1. The van der Waals surface area contributed by atoms with Gasteiger partial charge in [0.25, 0.3) is 11.8 Å². The molecule has 0 spiro atoms. The number of carbonyl (C=O) groups excluding carboxylic acids is 2. The van der Waals surface area contributed by atoms with Crippen molar-refractivity contribution < 1.29 is 24.2 Å². The smallest absolute Gasteiger partial charge is 0.272 e. The Kier molecular flexibility index (Phi) is 4.24. The first-order chi connectivity index (χ1) is 11.9. The Morgan fingerprint density at radius 1 is 1.32 bits per heavy atom. The van der Waals surface area contributed by atoms with E-state index in [1.54, 1.807) is 0 Å². The van der Waals surface area contributed by atoms with E-state index in [-0.39, 0.29) is 13.1 Å². The number of carbonyl (C=O) groups is 2. The van der Waals surface area contributed by atoms with E-state index in [0.717, 1.165) is 10.8 Å². The van der Waals surface area contributed by atoms with Crippen LogP contribution in [0.1, 0.15) is 32.6 Å². The van der Waals surface area contributed by atoms with E-state index in [0.29, 0.717) is 5.56 Å². The number of nitrogens with one attached hydrogen (secondary N) is 2. The maximum absolute atomic E-state index is 12.9. The number of hydrogen-bond acceptors (Lipinski definition) is 5. The number of rotatable bonds is 3. The van der Waals surface area contributed by atoms with Crippen molar-refractivity contribution in [3.05, 3.63) is 63.3 Å². The largest absolute Gasteiger partial charge is 0.503 e. The van der Waals surface area contributed by atoms with Crippen LogP contribution in [0.3, 0.4) is 0 Å². The minimum atomic E-state index is -1.22. The zero-order valence-electron chi connectivity index (χ0n) is 12.8. The molecule has 3 rings (SSSR count). The molecule has 25 heavy (non-hydrogen) atoms. The average molecular weight is 347 g/mol. The highest BCUT2D eigenvalue weighted by atomic mass is 19.1. The lowest BCUT2D eigenvalue weighted by atomic mass is 10.1. The van der Waals surface area contributed by atoms with Gasteiger partial charge in [0.2, 0.25) is 5.43 Å². The Morgan fingerprint density at radius 2 is 2.00 bits per heavy atom. The van der Waals surface area contributed by atoms with Crippen LogP contribution < -0.4 is 16.1 Å². The first kappa shape index (κ1) is 16.7. The third-order valence-electron chi connectivity index (χ3n) is 3.80. The summed E-state index contributed by atoms with van der Waals surface area (Å²) in [4.78, 5) is 36.1. The van der Waals surface area contributed by atoms with Gasteiger partial charge in [0.15, 0.2) is 11.4 Å². The number of aliphatic hydroxyl groups excluding tert-OH is 1. The fourth-order valence-electron chi connectivity index (χ4n) is 2.49. The normalized spacial score (nSPS) is 16.1. The van der Waals surface area contributed by atoms with Gasteiger partial charge in [-0.05, 0) is 17.7 Å². The number of benzene rings is 1. The van der Waals surface area contributed by atoms with Gasteiger partial charge in [-0.1, -0.05) is 12.1 Å². The Labute approximate surface area is 140 Å². The standard InChI is InChI=1S/C16H14FN3O5/c17-9-3-1-8(2-4-9)5-18-15(24)10-7-20-11(21)6-19-16(25)12(20)14(23)13(10)22/h1-4,7,11,21,23H,5-6H2,(H,18,24)(H,19,25). The summed E-state index contributed by atoms with van der Waals surface area (Å²) < 4.78 is 13.8. The van der Waals surface area contributed by atoms with Gasteiger partial charge < -0.3 is 25.4 Å². The van der Waals surface area contributed by atoms with E-state index in [1.165, 1.54) is 24.3 Å². The van der Waals surface area contributed by atoms with Crippen LogP contribution in [-0.2, 0) is 6.54 Å². The number of amides is 2. The molecule has 130 valence electrons. The second kappa shape index (κ2) is 6.36. The maximum Gasteiger partial charge on any atom is 0.272 e. The van der Waals surface area contributed by atoms with E-state index >= 15 is 0 Å². The van der Waals surface area contributed by atoms with Crippen LogP contribution in [0.2, 0.25) is 0 Å². The summed E-state index contributed by atoms with van der Waals surface area (Å²) in [5.41, 5.74) is -1.24. The molecule has 1 aromatic heterocycles. The Hall–Kier alpha value is -3.20. The molecule has 1 unspecified atom stereocenters. The first-order valence-electron chi connectivity index (χ1n) is 7.35. The number of β-amino-alcohol motifs (C(OH)–C–C–N with tert-alkyl or cyclic N) is 1. The van der Waals surface area contributed by atoms with Crippen LogP contribution in [0.25, 0.3) is 0 Å². The third kappa shape index (κ3) is 3.09. The molecule has 4 N–H and O–H groups in total. The minimum absolute atomic E-state index is 0.0319. The molecule has 1 aliphatic heterocycles. The Bertz CT molecular complexity index is 907. The first-order valence-corrected chi connectivity index (χ1v) is 7.35. The van der Waals surface area contributed by atoms with Crippen molar-refractivity contribution >= 4 is 11.8 Å². The summed E-state index contributed by atoms with van der Waals surface area (Å²) in [6.45, 7) is -0.0884. The van der Waals surface area contributed by atoms with Gasteiger partial charge >= 0.3 is 0 Å². The summed E-state index contributed by atoms with van der Waals surface area (Å²) in [6, 6.07) is 5.41. The fraction of sp³-hybridized carbons (Fsp3) is 0.188. The summed E-state index contributed by atoms with van der Waals surface area (Å²) >= 11 is 0. The molecular formula is C16H14FN3O5. The molecule has 0 aliphatic carbocycles. The number of hydrogen-bond donors (Lipinski definition) is 4. The average Bonchev–Trinajstić information content (AvgIpc) is 2.60. The second-order valence-corrected chi connectivity index (χ2v) is 5.48. The molecule has 2 aromatic rings. The van der Waals surface area contributed by atoms with Gasteiger partial charge in [-0.2, -0.15) is 0 Å². The number of aromatic hydroxyl groups is 1. The molecule has 0 saturated heterocycles. The summed E-state index contributed by atoms with van der Waals surface area (Å²) in [5.74, 6) is -2.85. The van der Waals surface area contributed by atoms with Crippen molar-refractivity contribution in [3.8, 4) is 5.75 Å². The summed E-state index contributed by atoms with van der Waals surface area (Å²) in [7, 11) is 0. The molecule has 0 radical (unpaired) electrons. The van der Waals surface area contributed by atoms with Crippen LogP contribution in [0.5, 0.6) is 5.75 Å². The van der Waals surface area contributed by atoms with Crippen LogP contribution in [0, 0.1) is 5.82 Å². The predicted octanol–water partition coefficient (Wildman–Crippen LogP) is -0.143. The lowest BCUT2D eigenvalue weighted by Gasteiger charge is -2.25. The zero-order valence-corrected chi connectivity index (χ0v) is 12.8. The van der Waals surface area contributed by atoms with Crippen molar-refractivity contribution in [1.29, 1.82) is 0 Å². The molecule has 2 heterocycles. The molecular weight excluding hydrogens is 333 g/mol. The highest BCUT2D eigenvalue weighted by Gasteiger charge is 2.29. The SMILES string of the molecule is O=C(NCc1ccc(F)cc1)c1cn2c(c(O)c1=O)C(=O)NCC2O. The molecule has 1 atom stereocenters. The summed E-state index contributed by atoms with van der Waals surface area (Å²) in [6.07, 6.45) is -0.191. The van der Waals surface area contributed by atoms with Gasteiger partial charge in [0, 0.05) is 12.7 Å². The maximum atomic E-state index is 12.9. The topological polar surface area (TPSA) is 121 Å². The number of halogens is 1. The van der Waals surface area contributed by atoms with Crippen LogP contribution in [0.15, 0.2) is 35.3 Å². The molecule has 1 aromatic carbocycles. The fourth-order valence-corrected chi connectivity index (χ4v) is 2.49. The second-order valence-electron chi connectivity index (χ2n) is 5.48. The molecule has 1 aliphatic rings. The molecule has 0 bridgehead atoms. The van der Waals surface area contributed by atoms with Gasteiger partial charge in [0.1, 0.15) is 17.6 Å². The van der Waals surface area contributed by atoms with Gasteiger partial charge in [-0.15, -0.1) is 0 Å². The van der Waals surface area contributed by atoms with Gasteiger partial charge in [-0.25, -0.2) is 4.39 Å². The predicted molar refractivity (Wildman–Crippen MR) is 83.5 cm³/mol. The van der Waals surface area contributed by atoms with E-state index < -0.39 is 46.3 Å². The molecule has 0 fully saturated rings. The minimum Gasteiger partial charge on any atom is -0.503 e. The van der Waals surface area contributed by atoms with Crippen molar-refractivity contribution in [3.63, 3.8) is 0 Å².